The minimum Gasteiger partial charge on any atom is -0.335 e. The number of hydrogen-bond donors (Lipinski definition) is 1. The molecule has 1 aliphatic rings. The van der Waals surface area contributed by atoms with Crippen molar-refractivity contribution in [2.75, 3.05) is 5.75 Å². The maximum atomic E-state index is 4.89. The molecule has 4 rings (SSSR count). The summed E-state index contributed by atoms with van der Waals surface area (Å²) in [5.41, 5.74) is 6.34. The summed E-state index contributed by atoms with van der Waals surface area (Å²) in [5, 5.41) is 1.05. The first-order valence-corrected chi connectivity index (χ1v) is 9.24. The van der Waals surface area contributed by atoms with Gasteiger partial charge >= 0.3 is 0 Å². The molecule has 1 heterocycles. The Hall–Kier alpha value is -2.00. The number of benzene rings is 2. The highest BCUT2D eigenvalue weighted by Gasteiger charge is 2.33. The van der Waals surface area contributed by atoms with Crippen molar-refractivity contribution in [2.24, 2.45) is 0 Å². The van der Waals surface area contributed by atoms with Crippen LogP contribution in [0.1, 0.15) is 42.5 Å². The van der Waals surface area contributed by atoms with E-state index in [-0.39, 0.29) is 5.92 Å². The molecule has 116 valence electrons. The average molecular weight is 320 g/mol. The second kappa shape index (κ2) is 6.25. The summed E-state index contributed by atoms with van der Waals surface area (Å²) >= 11 is 1.83. The third-order valence-corrected chi connectivity index (χ3v) is 5.35. The number of unbranched alkanes of at least 4 members (excludes halogenated alkanes) is 1. The highest BCUT2D eigenvalue weighted by atomic mass is 32.2. The predicted octanol–water partition coefficient (Wildman–Crippen LogP) is 5.46. The molecule has 1 atom stereocenters. The number of aromatic amines is 1. The van der Waals surface area contributed by atoms with Crippen molar-refractivity contribution in [2.45, 2.75) is 30.8 Å². The molecule has 1 N–H and O–H groups in total. The van der Waals surface area contributed by atoms with Gasteiger partial charge in [-0.25, -0.2) is 4.98 Å². The van der Waals surface area contributed by atoms with Crippen LogP contribution < -0.4 is 0 Å². The number of nitrogens with zero attached hydrogens (tertiary/aromatic N) is 1. The van der Waals surface area contributed by atoms with Crippen molar-refractivity contribution < 1.29 is 0 Å². The van der Waals surface area contributed by atoms with Crippen molar-refractivity contribution in [3.63, 3.8) is 0 Å². The zero-order valence-electron chi connectivity index (χ0n) is 13.3. The molecule has 0 saturated carbocycles. The van der Waals surface area contributed by atoms with E-state index >= 15 is 0 Å². The highest BCUT2D eigenvalue weighted by molar-refractivity contribution is 7.99. The fourth-order valence-corrected chi connectivity index (χ4v) is 4.24. The number of aromatic nitrogens is 2. The Morgan fingerprint density at radius 3 is 2.65 bits per heavy atom. The predicted molar refractivity (Wildman–Crippen MR) is 97.0 cm³/mol. The number of nitrogens with one attached hydrogen (secondary N) is 1. The van der Waals surface area contributed by atoms with Gasteiger partial charge in [-0.1, -0.05) is 79.7 Å². The van der Waals surface area contributed by atoms with Crippen LogP contribution in [0.15, 0.2) is 59.8 Å². The topological polar surface area (TPSA) is 28.7 Å². The maximum absolute atomic E-state index is 4.89. The van der Waals surface area contributed by atoms with Crippen molar-refractivity contribution in [1.82, 2.24) is 9.97 Å². The number of H-pyrrole nitrogens is 1. The Kier molecular flexibility index (Phi) is 3.96. The van der Waals surface area contributed by atoms with E-state index in [0.717, 1.165) is 16.6 Å². The molecule has 1 aromatic heterocycles. The van der Waals surface area contributed by atoms with Crippen LogP contribution in [-0.4, -0.2) is 15.7 Å². The molecule has 0 fully saturated rings. The fraction of sp³-hybridized carbons (Fsp3) is 0.250. The van der Waals surface area contributed by atoms with Crippen LogP contribution in [-0.2, 0) is 0 Å². The molecule has 2 aromatic carbocycles. The fourth-order valence-electron chi connectivity index (χ4n) is 3.27. The van der Waals surface area contributed by atoms with Crippen LogP contribution in [0, 0.1) is 0 Å². The Morgan fingerprint density at radius 1 is 1.04 bits per heavy atom. The highest BCUT2D eigenvalue weighted by Crippen LogP contribution is 2.47. The summed E-state index contributed by atoms with van der Waals surface area (Å²) in [6.07, 6.45) is 2.46. The van der Waals surface area contributed by atoms with Crippen molar-refractivity contribution in [1.29, 1.82) is 0 Å². The molecule has 0 radical (unpaired) electrons. The third kappa shape index (κ3) is 2.59. The Bertz CT molecular complexity index is 808. The van der Waals surface area contributed by atoms with Crippen LogP contribution in [0.3, 0.4) is 0 Å². The van der Waals surface area contributed by atoms with Gasteiger partial charge in [-0.15, -0.1) is 0 Å². The van der Waals surface area contributed by atoms with Crippen molar-refractivity contribution in [3.05, 3.63) is 71.4 Å². The van der Waals surface area contributed by atoms with Gasteiger partial charge in [0.15, 0.2) is 5.16 Å². The van der Waals surface area contributed by atoms with E-state index in [1.54, 1.807) is 0 Å². The van der Waals surface area contributed by atoms with Gasteiger partial charge in [-0.2, -0.15) is 0 Å². The minimum atomic E-state index is 0.274. The van der Waals surface area contributed by atoms with E-state index in [0.29, 0.717) is 0 Å². The van der Waals surface area contributed by atoms with Crippen molar-refractivity contribution in [3.8, 4) is 11.3 Å². The third-order valence-electron chi connectivity index (χ3n) is 4.40. The Labute approximate surface area is 141 Å². The standard InChI is InChI=1S/C20H20N2S/c1-2-3-13-23-20-21-18-16-12-8-7-11-15(16)17(19(18)22-20)14-9-5-4-6-10-14/h4-12,17H,2-3,13H2,1H3,(H,21,22). The molecule has 0 aliphatic heterocycles. The summed E-state index contributed by atoms with van der Waals surface area (Å²) < 4.78 is 0. The van der Waals surface area contributed by atoms with Crippen LogP contribution in [0.25, 0.3) is 11.3 Å². The number of rotatable bonds is 5. The van der Waals surface area contributed by atoms with E-state index in [4.69, 9.17) is 4.98 Å². The first kappa shape index (κ1) is 14.6. The second-order valence-electron chi connectivity index (χ2n) is 5.94. The molecule has 3 heteroatoms. The largest absolute Gasteiger partial charge is 0.335 e. The molecule has 0 spiro atoms. The number of hydrogen-bond acceptors (Lipinski definition) is 2. The molecule has 0 amide bonds. The normalized spacial score (nSPS) is 15.4. The van der Waals surface area contributed by atoms with E-state index in [9.17, 15) is 0 Å². The summed E-state index contributed by atoms with van der Waals surface area (Å²) in [5.74, 6) is 1.40. The van der Waals surface area contributed by atoms with Gasteiger partial charge in [-0.3, -0.25) is 0 Å². The summed E-state index contributed by atoms with van der Waals surface area (Å²) in [6, 6.07) is 19.4. The smallest absolute Gasteiger partial charge is 0.166 e. The van der Waals surface area contributed by atoms with Crippen molar-refractivity contribution >= 4 is 11.8 Å². The number of thioether (sulfide) groups is 1. The van der Waals surface area contributed by atoms with Crippen LogP contribution in [0.5, 0.6) is 0 Å². The van der Waals surface area contributed by atoms with E-state index < -0.39 is 0 Å². The molecule has 1 unspecified atom stereocenters. The van der Waals surface area contributed by atoms with Gasteiger partial charge in [0.1, 0.15) is 0 Å². The SMILES string of the molecule is CCCCSc1nc2c([nH]1)C(c1ccccc1)c1ccccc1-2. The zero-order valence-corrected chi connectivity index (χ0v) is 14.1. The van der Waals surface area contributed by atoms with Gasteiger partial charge in [0.2, 0.25) is 0 Å². The monoisotopic (exact) mass is 320 g/mol. The zero-order chi connectivity index (χ0) is 15.6. The molecular formula is C20H20N2S. The van der Waals surface area contributed by atoms with Gasteiger partial charge in [0.25, 0.3) is 0 Å². The van der Waals surface area contributed by atoms with Gasteiger partial charge < -0.3 is 4.98 Å². The van der Waals surface area contributed by atoms with Crippen LogP contribution in [0.2, 0.25) is 0 Å². The van der Waals surface area contributed by atoms with E-state index in [1.807, 2.05) is 11.8 Å². The van der Waals surface area contributed by atoms with Gasteiger partial charge in [-0.05, 0) is 17.5 Å². The first-order chi connectivity index (χ1) is 11.4. The molecule has 23 heavy (non-hydrogen) atoms. The Morgan fingerprint density at radius 2 is 1.83 bits per heavy atom. The Balaban J connectivity index is 1.77. The summed E-state index contributed by atoms with van der Waals surface area (Å²) in [7, 11) is 0. The lowest BCUT2D eigenvalue weighted by Gasteiger charge is -2.13. The number of imidazole rings is 1. The molecule has 0 bridgehead atoms. The second-order valence-corrected chi connectivity index (χ2v) is 7.02. The lowest BCUT2D eigenvalue weighted by Crippen LogP contribution is -2.00. The van der Waals surface area contributed by atoms with E-state index in [2.05, 4.69) is 66.5 Å². The van der Waals surface area contributed by atoms with E-state index in [1.165, 1.54) is 35.2 Å². The van der Waals surface area contributed by atoms with Crippen LogP contribution in [0.4, 0.5) is 0 Å². The maximum Gasteiger partial charge on any atom is 0.166 e. The molecule has 0 saturated heterocycles. The summed E-state index contributed by atoms with van der Waals surface area (Å²) in [4.78, 5) is 8.49. The minimum absolute atomic E-state index is 0.274. The molecule has 3 aromatic rings. The lowest BCUT2D eigenvalue weighted by molar-refractivity contribution is 0.888. The molecule has 1 aliphatic carbocycles. The van der Waals surface area contributed by atoms with Gasteiger partial charge in [0.05, 0.1) is 17.3 Å². The average Bonchev–Trinajstić information content (AvgIpc) is 3.12. The first-order valence-electron chi connectivity index (χ1n) is 8.25. The lowest BCUT2D eigenvalue weighted by atomic mass is 9.92. The number of fused-ring (bicyclic) bond motifs is 3. The quantitative estimate of drug-likeness (QED) is 0.390. The van der Waals surface area contributed by atoms with Gasteiger partial charge in [0, 0.05) is 11.3 Å². The van der Waals surface area contributed by atoms with Crippen LogP contribution >= 0.6 is 11.8 Å². The summed E-state index contributed by atoms with van der Waals surface area (Å²) in [6.45, 7) is 2.23. The molecular weight excluding hydrogens is 300 g/mol. The molecule has 2 nitrogen and oxygen atoms in total.